The first-order valence-electron chi connectivity index (χ1n) is 15.1. The van der Waals surface area contributed by atoms with E-state index in [0.29, 0.717) is 40.3 Å². The molecule has 3 fully saturated rings. The number of carbonyl (C=O) groups is 4. The van der Waals surface area contributed by atoms with E-state index in [4.69, 9.17) is 32.7 Å². The molecule has 2 saturated carbocycles. The van der Waals surface area contributed by atoms with Crippen molar-refractivity contribution in [1.29, 1.82) is 0 Å². The summed E-state index contributed by atoms with van der Waals surface area (Å²) in [6, 6.07) is 8.97. The Balaban J connectivity index is 1.18. The number of carbonyl (C=O) groups excluding carboxylic acids is 3. The van der Waals surface area contributed by atoms with Gasteiger partial charge in [-0.15, -0.1) is 11.8 Å². The van der Waals surface area contributed by atoms with Crippen LogP contribution in [0.4, 0.5) is 5.69 Å². The number of anilines is 1. The number of amides is 3. The van der Waals surface area contributed by atoms with Crippen LogP contribution in [0.5, 0.6) is 11.5 Å². The predicted molar refractivity (Wildman–Crippen MR) is 176 cm³/mol. The van der Waals surface area contributed by atoms with Crippen molar-refractivity contribution in [2.45, 2.75) is 42.5 Å². The van der Waals surface area contributed by atoms with Crippen LogP contribution in [0.25, 0.3) is 0 Å². The van der Waals surface area contributed by atoms with E-state index in [9.17, 15) is 29.1 Å². The van der Waals surface area contributed by atoms with Gasteiger partial charge in [0.1, 0.15) is 6.04 Å². The first kappa shape index (κ1) is 32.0. The molecule has 11 nitrogen and oxygen atoms in total. The van der Waals surface area contributed by atoms with Crippen molar-refractivity contribution in [3.05, 3.63) is 66.6 Å². The Morgan fingerprint density at radius 3 is 2.49 bits per heavy atom. The highest BCUT2D eigenvalue weighted by Gasteiger charge is 2.70. The number of carboxylic acids is 1. The molecule has 47 heavy (non-hydrogen) atoms. The van der Waals surface area contributed by atoms with E-state index in [0.717, 1.165) is 31.7 Å². The number of fused-ring (bicyclic) bond motifs is 9. The number of hydrogen-bond donors (Lipinski definition) is 3. The molecule has 0 radical (unpaired) electrons. The van der Waals surface area contributed by atoms with Gasteiger partial charge in [-0.3, -0.25) is 24.1 Å². The second-order valence-electron chi connectivity index (χ2n) is 12.1. The lowest BCUT2D eigenvalue weighted by Crippen LogP contribution is -2.44. The summed E-state index contributed by atoms with van der Waals surface area (Å²) in [7, 11) is 0. The van der Waals surface area contributed by atoms with Gasteiger partial charge in [-0.1, -0.05) is 40.6 Å². The molecule has 8 atom stereocenters. The van der Waals surface area contributed by atoms with Crippen LogP contribution in [0.15, 0.2) is 46.2 Å². The third-order valence-corrected chi connectivity index (χ3v) is 13.0. The Hall–Kier alpha value is -3.52. The molecule has 2 bridgehead atoms. The highest BCUT2D eigenvalue weighted by Crippen LogP contribution is 2.68. The summed E-state index contributed by atoms with van der Waals surface area (Å²) in [4.78, 5) is 68.8. The lowest BCUT2D eigenvalue weighted by atomic mass is 9.68. The third kappa shape index (κ3) is 5.31. The lowest BCUT2D eigenvalue weighted by molar-refractivity contribution is -0.154. The number of benzene rings is 2. The molecule has 1 aromatic heterocycles. The number of likely N-dealkylation sites (tertiary alicyclic amines) is 1. The SMILES string of the molecule is CCOc1cc([C@H]2c3sc(=O)[nH]c3SC3C4CC(C5C(=O)N(C(C)C(=O)O)C(=O)C45)C32)ccc1OCC(=O)Nc1ccc(Cl)c(Cl)c1. The highest BCUT2D eigenvalue weighted by molar-refractivity contribution is 8.00. The molecule has 1 saturated heterocycles. The standard InChI is InChI=1S/C32H29Cl2N3O8S2/c1-3-44-20-8-13(4-7-19(20)45-11-21(38)35-14-5-6-17(33)18(34)9-14)22-23-15-10-16(26(23)46-28-27(22)47-32(43)36-28)25-24(15)29(39)37(30(25)40)12(2)31(41)42/h4-9,12,15-16,22-26H,3,10-11H2,1-2H3,(H,35,38)(H,36,43)(H,41,42)/t12?,15?,16?,22-,23?,24?,25?,26?/m1/s1. The number of rotatable bonds is 9. The van der Waals surface area contributed by atoms with E-state index in [1.807, 2.05) is 19.1 Å². The molecule has 2 aliphatic carbocycles. The zero-order chi connectivity index (χ0) is 33.3. The maximum atomic E-state index is 13.7. The summed E-state index contributed by atoms with van der Waals surface area (Å²) in [5.74, 6) is -3.53. The van der Waals surface area contributed by atoms with Crippen LogP contribution in [-0.4, -0.2) is 63.2 Å². The quantitative estimate of drug-likeness (QED) is 0.256. The molecule has 15 heteroatoms. The summed E-state index contributed by atoms with van der Waals surface area (Å²) in [6.45, 7) is 3.22. The average molecular weight is 719 g/mol. The van der Waals surface area contributed by atoms with Crippen molar-refractivity contribution in [3.63, 3.8) is 0 Å². The summed E-state index contributed by atoms with van der Waals surface area (Å²) < 4.78 is 11.8. The second-order valence-corrected chi connectivity index (χ2v) is 15.1. The molecular weight excluding hydrogens is 689 g/mol. The topological polar surface area (TPSA) is 155 Å². The van der Waals surface area contributed by atoms with Gasteiger partial charge in [0.2, 0.25) is 11.8 Å². The van der Waals surface area contributed by atoms with E-state index < -0.39 is 41.6 Å². The van der Waals surface area contributed by atoms with Gasteiger partial charge in [0.05, 0.1) is 33.5 Å². The Morgan fingerprint density at radius 2 is 1.79 bits per heavy atom. The maximum absolute atomic E-state index is 13.7. The van der Waals surface area contributed by atoms with Gasteiger partial charge in [-0.2, -0.15) is 0 Å². The van der Waals surface area contributed by atoms with Crippen LogP contribution in [0, 0.1) is 29.6 Å². The number of nitrogens with one attached hydrogen (secondary N) is 2. The first-order chi connectivity index (χ1) is 22.5. The minimum absolute atomic E-state index is 0.0580. The van der Waals surface area contributed by atoms with Crippen molar-refractivity contribution >= 4 is 75.7 Å². The van der Waals surface area contributed by atoms with E-state index in [1.54, 1.807) is 36.0 Å². The predicted octanol–water partition coefficient (Wildman–Crippen LogP) is 5.11. The summed E-state index contributed by atoms with van der Waals surface area (Å²) in [5, 5.41) is 13.7. The van der Waals surface area contributed by atoms with Crippen LogP contribution in [-0.2, 0) is 19.2 Å². The van der Waals surface area contributed by atoms with Gasteiger partial charge in [-0.25, -0.2) is 4.79 Å². The molecule has 3 amide bonds. The molecule has 7 rings (SSSR count). The number of hydrogen-bond acceptors (Lipinski definition) is 9. The van der Waals surface area contributed by atoms with Crippen LogP contribution in [0.2, 0.25) is 10.0 Å². The summed E-state index contributed by atoms with van der Waals surface area (Å²) >= 11 is 14.7. The van der Waals surface area contributed by atoms with E-state index in [-0.39, 0.29) is 40.4 Å². The number of H-pyrrole nitrogens is 1. The van der Waals surface area contributed by atoms with Gasteiger partial charge in [-0.05, 0) is 73.9 Å². The Morgan fingerprint density at radius 1 is 1.04 bits per heavy atom. The number of aromatic amines is 1. The van der Waals surface area contributed by atoms with Crippen molar-refractivity contribution in [2.75, 3.05) is 18.5 Å². The van der Waals surface area contributed by atoms with E-state index in [1.165, 1.54) is 6.92 Å². The highest BCUT2D eigenvalue weighted by atomic mass is 35.5. The summed E-state index contributed by atoms with van der Waals surface area (Å²) in [6.07, 6.45) is 0.674. The lowest BCUT2D eigenvalue weighted by Gasteiger charge is -2.43. The maximum Gasteiger partial charge on any atom is 0.326 e. The Kier molecular flexibility index (Phi) is 8.30. The second kappa shape index (κ2) is 12.2. The molecule has 4 aliphatic rings. The number of thiazole rings is 1. The molecular formula is C32H29Cl2N3O8S2. The normalized spacial score (nSPS) is 27.7. The summed E-state index contributed by atoms with van der Waals surface area (Å²) in [5.41, 5.74) is 1.32. The minimum Gasteiger partial charge on any atom is -0.490 e. The van der Waals surface area contributed by atoms with Crippen molar-refractivity contribution in [2.24, 2.45) is 29.6 Å². The van der Waals surface area contributed by atoms with Crippen molar-refractivity contribution < 1.29 is 33.8 Å². The zero-order valence-electron chi connectivity index (χ0n) is 25.0. The van der Waals surface area contributed by atoms with Crippen LogP contribution in [0.1, 0.15) is 36.6 Å². The molecule has 246 valence electrons. The molecule has 3 N–H and O–H groups in total. The monoisotopic (exact) mass is 717 g/mol. The van der Waals surface area contributed by atoms with Gasteiger partial charge in [0.15, 0.2) is 18.1 Å². The average Bonchev–Trinajstić information content (AvgIpc) is 3.76. The van der Waals surface area contributed by atoms with Gasteiger partial charge >= 0.3 is 10.8 Å². The molecule has 2 aliphatic heterocycles. The van der Waals surface area contributed by atoms with Gasteiger partial charge in [0.25, 0.3) is 5.91 Å². The number of nitrogens with zero attached hydrogens (tertiary/aromatic N) is 1. The smallest absolute Gasteiger partial charge is 0.326 e. The number of thioether (sulfide) groups is 1. The van der Waals surface area contributed by atoms with Crippen LogP contribution >= 0.6 is 46.3 Å². The minimum atomic E-state index is -1.24. The number of carboxylic acid groups (broad SMARTS) is 1. The van der Waals surface area contributed by atoms with E-state index >= 15 is 0 Å². The fourth-order valence-electron chi connectivity index (χ4n) is 7.93. The largest absolute Gasteiger partial charge is 0.490 e. The fourth-order valence-corrected chi connectivity index (χ4v) is 11.1. The van der Waals surface area contributed by atoms with Gasteiger partial charge < -0.3 is 24.9 Å². The number of aromatic nitrogens is 1. The Labute approximate surface area is 286 Å². The number of ether oxygens (including phenoxy) is 2. The van der Waals surface area contributed by atoms with E-state index in [2.05, 4.69) is 10.3 Å². The van der Waals surface area contributed by atoms with Crippen LogP contribution in [0.3, 0.4) is 0 Å². The molecule has 3 aromatic rings. The van der Waals surface area contributed by atoms with Crippen molar-refractivity contribution in [1.82, 2.24) is 9.88 Å². The Bertz CT molecular complexity index is 1880. The number of imide groups is 1. The first-order valence-corrected chi connectivity index (χ1v) is 17.6. The van der Waals surface area contributed by atoms with Crippen LogP contribution < -0.4 is 19.7 Å². The molecule has 0 spiro atoms. The molecule has 2 aromatic carbocycles. The number of halogens is 2. The van der Waals surface area contributed by atoms with Gasteiger partial charge in [0, 0.05) is 21.7 Å². The zero-order valence-corrected chi connectivity index (χ0v) is 28.2. The van der Waals surface area contributed by atoms with Crippen molar-refractivity contribution in [3.8, 4) is 11.5 Å². The number of aliphatic carboxylic acids is 1. The third-order valence-electron chi connectivity index (χ3n) is 9.69. The molecule has 7 unspecified atom stereocenters. The molecule has 3 heterocycles. The fraction of sp³-hybridized carbons (Fsp3) is 0.406.